The largest absolute Gasteiger partial charge is 0.492 e. The van der Waals surface area contributed by atoms with Crippen molar-refractivity contribution < 1.29 is 22.7 Å². The average molecular weight is 731 g/mol. The zero-order valence-electron chi connectivity index (χ0n) is 26.9. The molecule has 0 radical (unpaired) electrons. The molecule has 48 heavy (non-hydrogen) atoms. The highest BCUT2D eigenvalue weighted by molar-refractivity contribution is 7.92. The number of sulfonamides is 1. The van der Waals surface area contributed by atoms with Crippen molar-refractivity contribution >= 4 is 62.3 Å². The van der Waals surface area contributed by atoms with Crippen molar-refractivity contribution in [3.8, 4) is 5.75 Å². The summed E-state index contributed by atoms with van der Waals surface area (Å²) in [6.45, 7) is 5.02. The van der Waals surface area contributed by atoms with Crippen LogP contribution in [0.25, 0.3) is 0 Å². The Balaban J connectivity index is 1.88. The van der Waals surface area contributed by atoms with Crippen LogP contribution in [0.1, 0.15) is 38.3 Å². The number of anilines is 1. The first-order valence-electron chi connectivity index (χ1n) is 15.5. The zero-order chi connectivity index (χ0) is 34.8. The Kier molecular flexibility index (Phi) is 13.2. The number of benzene rings is 4. The third kappa shape index (κ3) is 9.23. The van der Waals surface area contributed by atoms with Gasteiger partial charge in [0.05, 0.1) is 17.2 Å². The lowest BCUT2D eigenvalue weighted by Gasteiger charge is -2.35. The molecule has 2 amide bonds. The highest BCUT2D eigenvalue weighted by Crippen LogP contribution is 2.34. The van der Waals surface area contributed by atoms with Crippen LogP contribution in [0.2, 0.25) is 15.1 Å². The number of carbonyl (C=O) groups excluding carboxylic acids is 2. The van der Waals surface area contributed by atoms with E-state index in [2.05, 4.69) is 5.32 Å². The second-order valence-corrected chi connectivity index (χ2v) is 14.2. The molecule has 0 saturated heterocycles. The minimum atomic E-state index is -4.36. The molecule has 4 aromatic rings. The summed E-state index contributed by atoms with van der Waals surface area (Å²) in [7, 11) is -4.36. The van der Waals surface area contributed by atoms with Gasteiger partial charge in [-0.3, -0.25) is 13.9 Å². The SMILES string of the molecule is CCOc1ccccc1N(CC(=O)N(Cc1c(Cl)cccc1Cl)[C@H](Cc1ccccc1)C(=O)N[C@H](C)CC)S(=O)(=O)c1ccc(Cl)cc1. The van der Waals surface area contributed by atoms with E-state index in [-0.39, 0.29) is 41.9 Å². The van der Waals surface area contributed by atoms with E-state index >= 15 is 0 Å². The van der Waals surface area contributed by atoms with E-state index in [9.17, 15) is 18.0 Å². The normalized spacial score (nSPS) is 12.5. The number of amides is 2. The first-order chi connectivity index (χ1) is 23.0. The average Bonchev–Trinajstić information content (AvgIpc) is 3.07. The zero-order valence-corrected chi connectivity index (χ0v) is 30.0. The fourth-order valence-electron chi connectivity index (χ4n) is 5.04. The quantitative estimate of drug-likeness (QED) is 0.135. The molecule has 0 spiro atoms. The molecule has 1 N–H and O–H groups in total. The summed E-state index contributed by atoms with van der Waals surface area (Å²) in [5, 5.41) is 3.96. The Morgan fingerprint density at radius 2 is 1.46 bits per heavy atom. The van der Waals surface area contributed by atoms with Crippen LogP contribution in [0, 0.1) is 0 Å². The molecular weight excluding hydrogens is 693 g/mol. The van der Waals surface area contributed by atoms with Gasteiger partial charge in [0.25, 0.3) is 10.0 Å². The summed E-state index contributed by atoms with van der Waals surface area (Å²) in [5.74, 6) is -0.789. The van der Waals surface area contributed by atoms with Crippen molar-refractivity contribution in [1.29, 1.82) is 0 Å². The molecule has 0 heterocycles. The van der Waals surface area contributed by atoms with E-state index in [0.29, 0.717) is 27.1 Å². The maximum Gasteiger partial charge on any atom is 0.264 e. The van der Waals surface area contributed by atoms with Gasteiger partial charge in [-0.05, 0) is 74.4 Å². The van der Waals surface area contributed by atoms with Crippen molar-refractivity contribution in [1.82, 2.24) is 10.2 Å². The highest BCUT2D eigenvalue weighted by Gasteiger charge is 2.36. The van der Waals surface area contributed by atoms with Crippen LogP contribution in [0.3, 0.4) is 0 Å². The number of carbonyl (C=O) groups is 2. The molecule has 0 saturated carbocycles. The van der Waals surface area contributed by atoms with Crippen LogP contribution in [-0.2, 0) is 32.6 Å². The number of ether oxygens (including phenoxy) is 1. The van der Waals surface area contributed by atoms with Crippen LogP contribution < -0.4 is 14.4 Å². The van der Waals surface area contributed by atoms with E-state index in [1.165, 1.54) is 29.2 Å². The molecule has 0 aliphatic rings. The standard InChI is InChI=1S/C36H38Cl3N3O5S/c1-4-25(3)40-36(44)33(22-26-12-7-6-8-13-26)41(23-29-30(38)14-11-15-31(29)39)35(43)24-42(32-16-9-10-17-34(32)47-5-2)48(45,46)28-20-18-27(37)19-21-28/h6-21,25,33H,4-5,22-24H2,1-3H3,(H,40,44)/t25-,33-/m1/s1. The minimum Gasteiger partial charge on any atom is -0.492 e. The molecule has 0 aromatic heterocycles. The van der Waals surface area contributed by atoms with Gasteiger partial charge in [0.2, 0.25) is 11.8 Å². The molecule has 12 heteroatoms. The van der Waals surface area contributed by atoms with Crippen LogP contribution in [0.15, 0.2) is 102 Å². The predicted molar refractivity (Wildman–Crippen MR) is 192 cm³/mol. The lowest BCUT2D eigenvalue weighted by molar-refractivity contribution is -0.140. The van der Waals surface area contributed by atoms with Crippen molar-refractivity contribution in [2.24, 2.45) is 0 Å². The van der Waals surface area contributed by atoms with Gasteiger partial charge in [-0.25, -0.2) is 8.42 Å². The summed E-state index contributed by atoms with van der Waals surface area (Å²) in [6, 6.07) is 25.3. The van der Waals surface area contributed by atoms with Gasteiger partial charge < -0.3 is 15.0 Å². The first kappa shape index (κ1) is 37.1. The Morgan fingerprint density at radius 3 is 2.08 bits per heavy atom. The molecule has 0 bridgehead atoms. The Bertz CT molecular complexity index is 1790. The van der Waals surface area contributed by atoms with Crippen LogP contribution in [0.4, 0.5) is 5.69 Å². The number of nitrogens with zero attached hydrogens (tertiary/aromatic N) is 2. The molecule has 0 unspecified atom stereocenters. The molecule has 0 aliphatic carbocycles. The lowest BCUT2D eigenvalue weighted by Crippen LogP contribution is -2.54. The molecule has 254 valence electrons. The Morgan fingerprint density at radius 1 is 0.833 bits per heavy atom. The van der Waals surface area contributed by atoms with Gasteiger partial charge in [0.15, 0.2) is 0 Å². The van der Waals surface area contributed by atoms with Crippen LogP contribution in [0.5, 0.6) is 5.75 Å². The number of hydrogen-bond acceptors (Lipinski definition) is 5. The molecule has 0 aliphatic heterocycles. The van der Waals surface area contributed by atoms with Crippen LogP contribution >= 0.6 is 34.8 Å². The van der Waals surface area contributed by atoms with Crippen LogP contribution in [-0.4, -0.2) is 50.4 Å². The molecule has 0 fully saturated rings. The van der Waals surface area contributed by atoms with Gasteiger partial charge in [-0.15, -0.1) is 0 Å². The van der Waals surface area contributed by atoms with Gasteiger partial charge in [0.1, 0.15) is 18.3 Å². The number of rotatable bonds is 15. The smallest absolute Gasteiger partial charge is 0.264 e. The Hall–Kier alpha value is -3.76. The fourth-order valence-corrected chi connectivity index (χ4v) is 7.10. The predicted octanol–water partition coefficient (Wildman–Crippen LogP) is 7.80. The summed E-state index contributed by atoms with van der Waals surface area (Å²) >= 11 is 19.3. The van der Waals surface area contributed by atoms with Gasteiger partial charge in [-0.1, -0.05) is 90.3 Å². The number of nitrogens with one attached hydrogen (secondary N) is 1. The second kappa shape index (κ2) is 17.1. The summed E-state index contributed by atoms with van der Waals surface area (Å²) in [4.78, 5) is 30.0. The number of para-hydroxylation sites is 2. The minimum absolute atomic E-state index is 0.0814. The molecule has 4 aromatic carbocycles. The highest BCUT2D eigenvalue weighted by atomic mass is 35.5. The Labute approximate surface area is 297 Å². The van der Waals surface area contributed by atoms with E-state index in [1.54, 1.807) is 49.4 Å². The van der Waals surface area contributed by atoms with Crippen molar-refractivity contribution in [2.45, 2.75) is 57.1 Å². The summed E-state index contributed by atoms with van der Waals surface area (Å²) in [5.41, 5.74) is 1.38. The molecular formula is C36H38Cl3N3O5S. The molecule has 4 rings (SSSR count). The lowest BCUT2D eigenvalue weighted by atomic mass is 10.0. The third-order valence-electron chi connectivity index (χ3n) is 7.78. The van der Waals surface area contributed by atoms with E-state index in [1.807, 2.05) is 44.2 Å². The van der Waals surface area contributed by atoms with Gasteiger partial charge in [0, 0.05) is 39.6 Å². The van der Waals surface area contributed by atoms with E-state index < -0.39 is 34.4 Å². The van der Waals surface area contributed by atoms with Gasteiger partial charge in [-0.2, -0.15) is 0 Å². The fraction of sp³-hybridized carbons (Fsp3) is 0.278. The second-order valence-electron chi connectivity index (χ2n) is 11.1. The summed E-state index contributed by atoms with van der Waals surface area (Å²) < 4.78 is 35.5. The number of halogens is 3. The molecule has 2 atom stereocenters. The van der Waals surface area contributed by atoms with Crippen molar-refractivity contribution in [2.75, 3.05) is 17.5 Å². The topological polar surface area (TPSA) is 96.0 Å². The maximum atomic E-state index is 14.7. The number of hydrogen-bond donors (Lipinski definition) is 1. The summed E-state index contributed by atoms with van der Waals surface area (Å²) in [6.07, 6.45) is 0.811. The maximum absolute atomic E-state index is 14.7. The van der Waals surface area contributed by atoms with Crippen molar-refractivity contribution in [3.63, 3.8) is 0 Å². The molecule has 8 nitrogen and oxygen atoms in total. The van der Waals surface area contributed by atoms with E-state index in [4.69, 9.17) is 39.5 Å². The van der Waals surface area contributed by atoms with E-state index in [0.717, 1.165) is 9.87 Å². The third-order valence-corrected chi connectivity index (χ3v) is 10.5. The van der Waals surface area contributed by atoms with Gasteiger partial charge >= 0.3 is 0 Å². The van der Waals surface area contributed by atoms with Crippen molar-refractivity contribution in [3.05, 3.63) is 123 Å². The monoisotopic (exact) mass is 729 g/mol. The first-order valence-corrected chi connectivity index (χ1v) is 18.1.